The Morgan fingerprint density at radius 1 is 0.272 bits per heavy atom. The van der Waals surface area contributed by atoms with Crippen LogP contribution in [0.4, 0.5) is 13.2 Å². The topological polar surface area (TPSA) is 85.2 Å². The van der Waals surface area contributed by atoms with Crippen molar-refractivity contribution in [2.75, 3.05) is 0 Å². The predicted octanol–water partition coefficient (Wildman–Crippen LogP) is 21.4. The summed E-state index contributed by atoms with van der Waals surface area (Å²) in [5.74, 6) is 0. The van der Waals surface area contributed by atoms with Crippen LogP contribution in [0.15, 0.2) is 303 Å². The summed E-state index contributed by atoms with van der Waals surface area (Å²) in [6, 6.07) is 100. The van der Waals surface area contributed by atoms with Crippen LogP contribution in [-0.2, 0) is 6.18 Å². The molecule has 0 aliphatic heterocycles. The Kier molecular flexibility index (Phi) is 13.6. The van der Waals surface area contributed by atoms with Gasteiger partial charge in [-0.25, -0.2) is 19.9 Å². The molecule has 0 atom stereocenters. The normalized spacial score (nSPS) is 11.6. The van der Waals surface area contributed by atoms with Gasteiger partial charge in [0, 0.05) is 71.6 Å². The minimum Gasteiger partial charge on any atom is -0.309 e. The fourth-order valence-corrected chi connectivity index (χ4v) is 12.8. The monoisotopic (exact) mass is 1190 g/mol. The molecule has 0 fully saturated rings. The van der Waals surface area contributed by atoms with Gasteiger partial charge in [-0.1, -0.05) is 182 Å². The maximum absolute atomic E-state index is 16.4. The SMILES string of the molecule is N#Cc1cccc(-c2c(-n3c4ccc(-c5cccc(-c6ccccc6)n5)cc4c4cc(-c5cccc(-c6ccccc6)n5)ccc43)cc(C(F)(F)F)cc2-n2c3ccc(-c4cccc(-c5ccccc5)n4)cc3c3cc(-c4cccc(-c5ccccc5)n4)ccc32)c1. The zero-order valence-electron chi connectivity index (χ0n) is 49.1. The van der Waals surface area contributed by atoms with Crippen molar-refractivity contribution in [3.63, 3.8) is 0 Å². The fourth-order valence-electron chi connectivity index (χ4n) is 12.8. The van der Waals surface area contributed by atoms with Crippen LogP contribution in [0.25, 0.3) is 156 Å². The van der Waals surface area contributed by atoms with Gasteiger partial charge in [-0.05, 0) is 127 Å². The summed E-state index contributed by atoms with van der Waals surface area (Å²) < 4.78 is 53.2. The Morgan fingerprint density at radius 2 is 0.543 bits per heavy atom. The number of hydrogen-bond donors (Lipinski definition) is 0. The first-order valence-electron chi connectivity index (χ1n) is 30.2. The highest BCUT2D eigenvalue weighted by Crippen LogP contribution is 2.47. The number of rotatable bonds is 11. The highest BCUT2D eigenvalue weighted by molar-refractivity contribution is 6.14. The Balaban J connectivity index is 0.978. The van der Waals surface area contributed by atoms with Crippen molar-refractivity contribution in [2.45, 2.75) is 6.18 Å². The van der Waals surface area contributed by atoms with Crippen LogP contribution in [0.1, 0.15) is 11.1 Å². The fraction of sp³-hybridized carbons (Fsp3) is 0.0122. The maximum Gasteiger partial charge on any atom is 0.416 e. The number of nitriles is 1. The molecule has 0 saturated heterocycles. The molecule has 0 aliphatic carbocycles. The van der Waals surface area contributed by atoms with Crippen molar-refractivity contribution >= 4 is 43.6 Å². The van der Waals surface area contributed by atoms with E-state index >= 15 is 13.2 Å². The summed E-state index contributed by atoms with van der Waals surface area (Å²) in [4.78, 5) is 20.7. The molecule has 0 radical (unpaired) electrons. The number of nitrogens with zero attached hydrogens (tertiary/aromatic N) is 7. The first-order chi connectivity index (χ1) is 45.2. The summed E-state index contributed by atoms with van der Waals surface area (Å²) in [7, 11) is 0. The number of aromatic nitrogens is 6. The first-order valence-corrected chi connectivity index (χ1v) is 30.2. The summed E-state index contributed by atoms with van der Waals surface area (Å²) >= 11 is 0. The number of fused-ring (bicyclic) bond motifs is 6. The van der Waals surface area contributed by atoms with Crippen molar-refractivity contribution < 1.29 is 13.2 Å². The van der Waals surface area contributed by atoms with E-state index < -0.39 is 11.7 Å². The molecule has 7 nitrogen and oxygen atoms in total. The van der Waals surface area contributed by atoms with E-state index in [2.05, 4.69) is 30.3 Å². The lowest BCUT2D eigenvalue weighted by Crippen LogP contribution is -2.11. The van der Waals surface area contributed by atoms with Crippen LogP contribution in [0.2, 0.25) is 0 Å². The summed E-state index contributed by atoms with van der Waals surface area (Å²) in [5, 5.41) is 13.7. The Morgan fingerprint density at radius 3 is 0.826 bits per heavy atom. The first kappa shape index (κ1) is 55.0. The van der Waals surface area contributed by atoms with E-state index in [-0.39, 0.29) is 11.4 Å². The van der Waals surface area contributed by atoms with Crippen LogP contribution >= 0.6 is 0 Å². The Labute approximate surface area is 527 Å². The Bertz CT molecular complexity index is 4990. The molecule has 92 heavy (non-hydrogen) atoms. The minimum absolute atomic E-state index is 0.255. The van der Waals surface area contributed by atoms with Crippen molar-refractivity contribution in [3.05, 3.63) is 314 Å². The molecule has 0 bridgehead atoms. The van der Waals surface area contributed by atoms with Gasteiger partial charge in [0.2, 0.25) is 0 Å². The van der Waals surface area contributed by atoms with Gasteiger partial charge >= 0.3 is 6.18 Å². The molecule has 6 heterocycles. The molecule has 10 heteroatoms. The standard InChI is InChI=1S/C82H50F3N7/c83-82(84,85)62-49-79(91-75-40-36-57(71-32-14-28-67(87-71)53-19-5-1-6-20-53)45-63(75)64-46-58(37-41-76(64)91)72-33-15-29-68(88-72)54-21-7-2-8-22-54)81(61-27-13-18-52(44-61)51-86)80(50-62)92-77-42-38-59(73-34-16-30-69(89-73)55-23-9-3-10-24-55)47-65(77)66-48-60(39-43-78(66)92)74-35-17-31-70(90-74)56-25-11-4-12-26-56/h1-50H. The highest BCUT2D eigenvalue weighted by atomic mass is 19.4. The third-order valence-corrected chi connectivity index (χ3v) is 17.2. The number of pyridine rings is 4. The molecular formula is C82H50F3N7. The quantitative estimate of drug-likeness (QED) is 0.129. The molecule has 0 amide bonds. The molecule has 0 unspecified atom stereocenters. The van der Waals surface area contributed by atoms with E-state index in [1.54, 1.807) is 18.2 Å². The van der Waals surface area contributed by atoms with Gasteiger partial charge in [-0.3, -0.25) is 0 Å². The van der Waals surface area contributed by atoms with Crippen LogP contribution in [0.3, 0.4) is 0 Å². The van der Waals surface area contributed by atoms with Crippen molar-refractivity contribution in [2.24, 2.45) is 0 Å². The molecule has 0 saturated carbocycles. The van der Waals surface area contributed by atoms with Gasteiger partial charge in [-0.2, -0.15) is 18.4 Å². The molecule has 10 aromatic carbocycles. The number of benzene rings is 10. The molecular weight excluding hydrogens is 1140 g/mol. The predicted molar refractivity (Wildman–Crippen MR) is 365 cm³/mol. The zero-order chi connectivity index (χ0) is 61.9. The molecule has 16 rings (SSSR count). The maximum atomic E-state index is 16.4. The Hall–Kier alpha value is -12.3. The summed E-state index contributed by atoms with van der Waals surface area (Å²) in [6.45, 7) is 0. The van der Waals surface area contributed by atoms with Gasteiger partial charge in [0.1, 0.15) is 0 Å². The average Bonchev–Trinajstić information content (AvgIpc) is 1.54. The van der Waals surface area contributed by atoms with E-state index in [1.807, 2.05) is 258 Å². The lowest BCUT2D eigenvalue weighted by atomic mass is 9.96. The second kappa shape index (κ2) is 22.7. The smallest absolute Gasteiger partial charge is 0.309 e. The third kappa shape index (κ3) is 10.0. The molecule has 434 valence electrons. The van der Waals surface area contributed by atoms with E-state index in [0.29, 0.717) is 38.8 Å². The third-order valence-electron chi connectivity index (χ3n) is 17.2. The van der Waals surface area contributed by atoms with Gasteiger partial charge in [-0.15, -0.1) is 0 Å². The largest absolute Gasteiger partial charge is 0.416 e. The van der Waals surface area contributed by atoms with Crippen molar-refractivity contribution in [1.29, 1.82) is 5.26 Å². The molecule has 16 aromatic rings. The van der Waals surface area contributed by atoms with Crippen LogP contribution < -0.4 is 0 Å². The zero-order valence-corrected chi connectivity index (χ0v) is 49.1. The van der Waals surface area contributed by atoms with Crippen LogP contribution in [0, 0.1) is 11.3 Å². The summed E-state index contributed by atoms with van der Waals surface area (Å²) in [6.07, 6.45) is -4.83. The van der Waals surface area contributed by atoms with E-state index in [1.165, 1.54) is 12.1 Å². The van der Waals surface area contributed by atoms with E-state index in [0.717, 1.165) is 112 Å². The molecule has 0 N–H and O–H groups in total. The number of hydrogen-bond acceptors (Lipinski definition) is 5. The van der Waals surface area contributed by atoms with Crippen LogP contribution in [0.5, 0.6) is 0 Å². The van der Waals surface area contributed by atoms with Gasteiger partial charge in [0.25, 0.3) is 0 Å². The lowest BCUT2D eigenvalue weighted by molar-refractivity contribution is -0.137. The second-order valence-electron chi connectivity index (χ2n) is 22.8. The van der Waals surface area contributed by atoms with Gasteiger partial charge < -0.3 is 9.13 Å². The molecule has 0 spiro atoms. The van der Waals surface area contributed by atoms with E-state index in [9.17, 15) is 5.26 Å². The number of halogens is 3. The molecule has 6 aromatic heterocycles. The van der Waals surface area contributed by atoms with Crippen molar-refractivity contribution in [1.82, 2.24) is 29.1 Å². The molecule has 0 aliphatic rings. The second-order valence-corrected chi connectivity index (χ2v) is 22.8. The highest BCUT2D eigenvalue weighted by Gasteiger charge is 2.35. The minimum atomic E-state index is -4.83. The van der Waals surface area contributed by atoms with Gasteiger partial charge in [0.05, 0.1) is 96.2 Å². The van der Waals surface area contributed by atoms with Crippen LogP contribution in [-0.4, -0.2) is 29.1 Å². The lowest BCUT2D eigenvalue weighted by Gasteiger charge is -2.23. The average molecular weight is 1190 g/mol. The van der Waals surface area contributed by atoms with Crippen molar-refractivity contribution in [3.8, 4) is 119 Å². The van der Waals surface area contributed by atoms with Gasteiger partial charge in [0.15, 0.2) is 0 Å². The van der Waals surface area contributed by atoms with E-state index in [4.69, 9.17) is 19.9 Å². The number of alkyl halides is 3. The summed E-state index contributed by atoms with van der Waals surface area (Å²) in [5.41, 5.74) is 16.9.